The summed E-state index contributed by atoms with van der Waals surface area (Å²) in [4.78, 5) is 0. The normalized spacial score (nSPS) is 20.0. The van der Waals surface area contributed by atoms with Gasteiger partial charge in [-0.1, -0.05) is 72.3 Å². The zero-order chi connectivity index (χ0) is 14.0. The number of hydrogen-bond acceptors (Lipinski definition) is 0. The summed E-state index contributed by atoms with van der Waals surface area (Å²) in [7, 11) is 0. The average Bonchev–Trinajstić information content (AvgIpc) is 2.46. The molecule has 0 bridgehead atoms. The molecular weight excluding hydrogens is 240 g/mol. The lowest BCUT2D eigenvalue weighted by Crippen LogP contribution is -2.45. The smallest absolute Gasteiger partial charge is 0.0271 e. The summed E-state index contributed by atoms with van der Waals surface area (Å²) < 4.78 is 0. The van der Waals surface area contributed by atoms with E-state index in [1.54, 1.807) is 0 Å². The topological polar surface area (TPSA) is 0 Å². The second-order valence-electron chi connectivity index (χ2n) is 5.91. The molecule has 0 nitrogen and oxygen atoms in total. The van der Waals surface area contributed by atoms with Crippen molar-refractivity contribution in [2.45, 2.75) is 25.7 Å². The zero-order valence-electron chi connectivity index (χ0n) is 12.2. The van der Waals surface area contributed by atoms with Gasteiger partial charge in [-0.3, -0.25) is 0 Å². The van der Waals surface area contributed by atoms with Crippen LogP contribution < -0.4 is 0 Å². The number of rotatable bonds is 3. The minimum Gasteiger partial charge on any atom is -0.0813 e. The minimum atomic E-state index is 0.125. The molecule has 0 heterocycles. The molecule has 101 valence electrons. The van der Waals surface area contributed by atoms with Gasteiger partial charge < -0.3 is 0 Å². The maximum atomic E-state index is 2.44. The van der Waals surface area contributed by atoms with Gasteiger partial charge in [-0.25, -0.2) is 0 Å². The van der Waals surface area contributed by atoms with Crippen LogP contribution in [0.25, 0.3) is 0 Å². The van der Waals surface area contributed by atoms with Crippen molar-refractivity contribution in [3.8, 4) is 0 Å². The molecule has 3 rings (SSSR count). The van der Waals surface area contributed by atoms with E-state index in [0.717, 1.165) is 6.42 Å². The Morgan fingerprint density at radius 2 is 1.40 bits per heavy atom. The molecule has 20 heavy (non-hydrogen) atoms. The molecule has 1 atom stereocenters. The van der Waals surface area contributed by atoms with Crippen molar-refractivity contribution in [3.63, 3.8) is 0 Å². The summed E-state index contributed by atoms with van der Waals surface area (Å²) in [5, 5.41) is 0. The van der Waals surface area contributed by atoms with E-state index in [1.165, 1.54) is 16.7 Å². The summed E-state index contributed by atoms with van der Waals surface area (Å²) in [5.74, 6) is 0.498. The van der Waals surface area contributed by atoms with Crippen LogP contribution in [0.3, 0.4) is 0 Å². The second-order valence-corrected chi connectivity index (χ2v) is 5.91. The molecule has 0 heteroatoms. The van der Waals surface area contributed by atoms with Crippen LogP contribution in [-0.2, 0) is 5.41 Å². The van der Waals surface area contributed by atoms with E-state index in [0.29, 0.717) is 5.92 Å². The van der Waals surface area contributed by atoms with Crippen LogP contribution in [0.15, 0.2) is 72.3 Å². The lowest BCUT2D eigenvalue weighted by atomic mass is 9.53. The molecule has 0 saturated heterocycles. The van der Waals surface area contributed by atoms with Crippen molar-refractivity contribution in [2.24, 2.45) is 5.92 Å². The Bertz CT molecular complexity index is 549. The lowest BCUT2D eigenvalue weighted by molar-refractivity contribution is 0.304. The van der Waals surface area contributed by atoms with E-state index in [1.807, 2.05) is 0 Å². The quantitative estimate of drug-likeness (QED) is 0.669. The predicted octanol–water partition coefficient (Wildman–Crippen LogP) is 5.16. The summed E-state index contributed by atoms with van der Waals surface area (Å²) in [5.41, 5.74) is 4.37. The fourth-order valence-electron chi connectivity index (χ4n) is 3.32. The Labute approximate surface area is 122 Å². The first-order chi connectivity index (χ1) is 9.73. The van der Waals surface area contributed by atoms with Gasteiger partial charge in [0, 0.05) is 5.41 Å². The highest BCUT2D eigenvalue weighted by Crippen LogP contribution is 2.53. The molecule has 2 aromatic carbocycles. The molecule has 1 saturated carbocycles. The zero-order valence-corrected chi connectivity index (χ0v) is 12.2. The molecule has 0 spiro atoms. The van der Waals surface area contributed by atoms with Crippen LogP contribution >= 0.6 is 0 Å². The third-order valence-electron chi connectivity index (χ3n) is 4.35. The van der Waals surface area contributed by atoms with Crippen molar-refractivity contribution < 1.29 is 0 Å². The van der Waals surface area contributed by atoms with Crippen molar-refractivity contribution in [2.75, 3.05) is 0 Å². The van der Waals surface area contributed by atoms with Gasteiger partial charge in [-0.15, -0.1) is 0 Å². The number of hydrogen-bond donors (Lipinski definition) is 0. The number of allylic oxidation sites excluding steroid dienone is 2. The van der Waals surface area contributed by atoms with Gasteiger partial charge in [0.05, 0.1) is 0 Å². The van der Waals surface area contributed by atoms with Gasteiger partial charge >= 0.3 is 0 Å². The maximum Gasteiger partial charge on any atom is 0.0271 e. The van der Waals surface area contributed by atoms with Gasteiger partial charge in [0.25, 0.3) is 0 Å². The van der Waals surface area contributed by atoms with Crippen LogP contribution in [0.2, 0.25) is 0 Å². The molecule has 2 aromatic rings. The largest absolute Gasteiger partial charge is 0.0813 e. The minimum absolute atomic E-state index is 0.125. The van der Waals surface area contributed by atoms with Crippen molar-refractivity contribution >= 4 is 0 Å². The van der Waals surface area contributed by atoms with Crippen LogP contribution in [0.1, 0.15) is 31.4 Å². The molecule has 0 amide bonds. The first-order valence-corrected chi connectivity index (χ1v) is 7.33. The second kappa shape index (κ2) is 5.28. The first-order valence-electron chi connectivity index (χ1n) is 7.33. The van der Waals surface area contributed by atoms with E-state index < -0.39 is 0 Å². The first kappa shape index (κ1) is 13.2. The van der Waals surface area contributed by atoms with Crippen LogP contribution in [0.5, 0.6) is 0 Å². The Kier molecular flexibility index (Phi) is 3.48. The Balaban J connectivity index is 2.12. The molecule has 1 aliphatic rings. The van der Waals surface area contributed by atoms with Gasteiger partial charge in [0.15, 0.2) is 0 Å². The Morgan fingerprint density at radius 1 is 0.900 bits per heavy atom. The SMILES string of the molecule is CC(C)=CC1[CH]CC1(c1ccccc1)c1ccccc1. The van der Waals surface area contributed by atoms with E-state index in [4.69, 9.17) is 0 Å². The molecule has 0 aliphatic heterocycles. The highest BCUT2D eigenvalue weighted by atomic mass is 14.5. The molecule has 1 fully saturated rings. The van der Waals surface area contributed by atoms with Gasteiger partial charge in [-0.05, 0) is 43.7 Å². The molecule has 0 aromatic heterocycles. The number of benzene rings is 2. The maximum absolute atomic E-state index is 2.44. The van der Waals surface area contributed by atoms with Gasteiger partial charge in [0.2, 0.25) is 0 Å². The predicted molar refractivity (Wildman–Crippen MR) is 85.5 cm³/mol. The standard InChI is InChI=1S/C20H21/c1-16(2)15-19-13-14-20(19,17-9-5-3-6-10-17)18-11-7-4-8-12-18/h3-13,15,19H,14H2,1-2H3. The third kappa shape index (κ3) is 2.10. The molecule has 0 N–H and O–H groups in total. The highest BCUT2D eigenvalue weighted by Gasteiger charge is 2.48. The molecule has 1 radical (unpaired) electrons. The summed E-state index contributed by atoms with van der Waals surface area (Å²) in [6, 6.07) is 21.9. The Morgan fingerprint density at radius 3 is 1.75 bits per heavy atom. The summed E-state index contributed by atoms with van der Waals surface area (Å²) in [6.45, 7) is 4.37. The third-order valence-corrected chi connectivity index (χ3v) is 4.35. The van der Waals surface area contributed by atoms with Crippen LogP contribution in [0.4, 0.5) is 0 Å². The summed E-state index contributed by atoms with van der Waals surface area (Å²) in [6.07, 6.45) is 5.96. The molecule has 1 unspecified atom stereocenters. The van der Waals surface area contributed by atoms with Gasteiger partial charge in [-0.2, -0.15) is 0 Å². The van der Waals surface area contributed by atoms with Crippen molar-refractivity contribution in [3.05, 3.63) is 89.9 Å². The average molecular weight is 261 g/mol. The van der Waals surface area contributed by atoms with E-state index >= 15 is 0 Å². The molecular formula is C20H21. The lowest BCUT2D eigenvalue weighted by Gasteiger charge is -2.49. The van der Waals surface area contributed by atoms with Crippen molar-refractivity contribution in [1.82, 2.24) is 0 Å². The fraction of sp³-hybridized carbons (Fsp3) is 0.250. The summed E-state index contributed by atoms with van der Waals surface area (Å²) >= 11 is 0. The fourth-order valence-corrected chi connectivity index (χ4v) is 3.32. The monoisotopic (exact) mass is 261 g/mol. The highest BCUT2D eigenvalue weighted by molar-refractivity contribution is 5.47. The van der Waals surface area contributed by atoms with E-state index in [-0.39, 0.29) is 5.41 Å². The molecule has 1 aliphatic carbocycles. The van der Waals surface area contributed by atoms with Gasteiger partial charge in [0.1, 0.15) is 0 Å². The Hall–Kier alpha value is -1.82. The van der Waals surface area contributed by atoms with E-state index in [9.17, 15) is 0 Å². The van der Waals surface area contributed by atoms with E-state index in [2.05, 4.69) is 87.0 Å². The van der Waals surface area contributed by atoms with Crippen LogP contribution in [-0.4, -0.2) is 0 Å². The van der Waals surface area contributed by atoms with Crippen LogP contribution in [0, 0.1) is 12.3 Å². The van der Waals surface area contributed by atoms with Crippen molar-refractivity contribution in [1.29, 1.82) is 0 Å².